The molecule has 1 saturated heterocycles. The quantitative estimate of drug-likeness (QED) is 0.901. The zero-order valence-corrected chi connectivity index (χ0v) is 12.6. The van der Waals surface area contributed by atoms with Crippen molar-refractivity contribution in [1.82, 2.24) is 10.3 Å². The standard InChI is InChI=1S/C16H27N3/c1-4-15-8-6-5-7-11-19(15)16-10-9-14(12-17-3)13(2)18-16/h9-10,15,17H,4-8,11-12H2,1-3H3. The van der Waals surface area contributed by atoms with Crippen LogP contribution in [0.25, 0.3) is 0 Å². The average molecular weight is 261 g/mol. The molecule has 0 aliphatic carbocycles. The molecule has 0 radical (unpaired) electrons. The van der Waals surface area contributed by atoms with Crippen molar-refractivity contribution >= 4 is 5.82 Å². The number of nitrogens with zero attached hydrogens (tertiary/aromatic N) is 2. The van der Waals surface area contributed by atoms with Gasteiger partial charge < -0.3 is 10.2 Å². The Bertz CT molecular complexity index is 403. The molecule has 3 nitrogen and oxygen atoms in total. The maximum atomic E-state index is 4.84. The first-order valence-electron chi connectivity index (χ1n) is 7.64. The summed E-state index contributed by atoms with van der Waals surface area (Å²) in [5.41, 5.74) is 2.46. The highest BCUT2D eigenvalue weighted by Crippen LogP contribution is 2.25. The molecule has 0 saturated carbocycles. The Morgan fingerprint density at radius 3 is 2.84 bits per heavy atom. The van der Waals surface area contributed by atoms with Gasteiger partial charge in [0.1, 0.15) is 5.82 Å². The third kappa shape index (κ3) is 3.47. The highest BCUT2D eigenvalue weighted by Gasteiger charge is 2.20. The highest BCUT2D eigenvalue weighted by molar-refractivity contribution is 5.43. The number of anilines is 1. The van der Waals surface area contributed by atoms with Gasteiger partial charge in [0, 0.05) is 24.8 Å². The first-order valence-corrected chi connectivity index (χ1v) is 7.64. The zero-order chi connectivity index (χ0) is 13.7. The van der Waals surface area contributed by atoms with Gasteiger partial charge in [0.25, 0.3) is 0 Å². The molecule has 19 heavy (non-hydrogen) atoms. The maximum Gasteiger partial charge on any atom is 0.129 e. The molecule has 2 rings (SSSR count). The average Bonchev–Trinajstić information content (AvgIpc) is 2.66. The van der Waals surface area contributed by atoms with Crippen LogP contribution in [-0.4, -0.2) is 24.6 Å². The van der Waals surface area contributed by atoms with Crippen molar-refractivity contribution in [1.29, 1.82) is 0 Å². The van der Waals surface area contributed by atoms with Crippen LogP contribution < -0.4 is 10.2 Å². The van der Waals surface area contributed by atoms with Crippen LogP contribution in [0.5, 0.6) is 0 Å². The lowest BCUT2D eigenvalue weighted by Gasteiger charge is -2.30. The lowest BCUT2D eigenvalue weighted by molar-refractivity contribution is 0.551. The molecule has 2 heterocycles. The number of nitrogens with one attached hydrogen (secondary N) is 1. The second-order valence-corrected chi connectivity index (χ2v) is 5.55. The van der Waals surface area contributed by atoms with Gasteiger partial charge in [-0.05, 0) is 44.9 Å². The van der Waals surface area contributed by atoms with Crippen molar-refractivity contribution in [2.75, 3.05) is 18.5 Å². The molecule has 106 valence electrons. The molecule has 3 heteroatoms. The molecular weight excluding hydrogens is 234 g/mol. The van der Waals surface area contributed by atoms with Gasteiger partial charge in [-0.15, -0.1) is 0 Å². The van der Waals surface area contributed by atoms with E-state index in [1.807, 2.05) is 7.05 Å². The summed E-state index contributed by atoms with van der Waals surface area (Å²) in [6, 6.07) is 5.10. The summed E-state index contributed by atoms with van der Waals surface area (Å²) in [7, 11) is 1.98. The topological polar surface area (TPSA) is 28.2 Å². The van der Waals surface area contributed by atoms with Crippen LogP contribution in [0.2, 0.25) is 0 Å². The van der Waals surface area contributed by atoms with E-state index in [2.05, 4.69) is 36.2 Å². The molecule has 1 aliphatic rings. The first-order chi connectivity index (χ1) is 9.26. The Morgan fingerprint density at radius 2 is 2.16 bits per heavy atom. The van der Waals surface area contributed by atoms with Crippen molar-refractivity contribution < 1.29 is 0 Å². The smallest absolute Gasteiger partial charge is 0.129 e. The summed E-state index contributed by atoms with van der Waals surface area (Å²) < 4.78 is 0. The summed E-state index contributed by atoms with van der Waals surface area (Å²) in [4.78, 5) is 7.37. The van der Waals surface area contributed by atoms with Crippen LogP contribution in [0.15, 0.2) is 12.1 Å². The first kappa shape index (κ1) is 14.3. The Morgan fingerprint density at radius 1 is 1.32 bits per heavy atom. The number of pyridine rings is 1. The largest absolute Gasteiger partial charge is 0.354 e. The summed E-state index contributed by atoms with van der Waals surface area (Å²) in [6.07, 6.45) is 6.57. The molecule has 1 unspecified atom stereocenters. The second kappa shape index (κ2) is 6.90. The third-order valence-electron chi connectivity index (χ3n) is 4.19. The minimum atomic E-state index is 0.671. The van der Waals surface area contributed by atoms with E-state index in [9.17, 15) is 0 Å². The second-order valence-electron chi connectivity index (χ2n) is 5.55. The van der Waals surface area contributed by atoms with Gasteiger partial charge in [-0.3, -0.25) is 0 Å². The molecule has 0 spiro atoms. The van der Waals surface area contributed by atoms with Crippen molar-refractivity contribution in [2.45, 2.75) is 58.5 Å². The number of hydrogen-bond acceptors (Lipinski definition) is 3. The lowest BCUT2D eigenvalue weighted by atomic mass is 10.1. The molecular formula is C16H27N3. The lowest BCUT2D eigenvalue weighted by Crippen LogP contribution is -2.35. The summed E-state index contributed by atoms with van der Waals surface area (Å²) in [6.45, 7) is 6.48. The van der Waals surface area contributed by atoms with Crippen molar-refractivity contribution in [2.24, 2.45) is 0 Å². The van der Waals surface area contributed by atoms with Gasteiger partial charge >= 0.3 is 0 Å². The van der Waals surface area contributed by atoms with Crippen LogP contribution in [0.1, 0.15) is 50.3 Å². The molecule has 1 aliphatic heterocycles. The van der Waals surface area contributed by atoms with E-state index in [-0.39, 0.29) is 0 Å². The predicted molar refractivity (Wildman–Crippen MR) is 81.6 cm³/mol. The number of hydrogen-bond donors (Lipinski definition) is 1. The maximum absolute atomic E-state index is 4.84. The summed E-state index contributed by atoms with van der Waals surface area (Å²) >= 11 is 0. The Hall–Kier alpha value is -1.09. The minimum absolute atomic E-state index is 0.671. The fourth-order valence-electron chi connectivity index (χ4n) is 3.02. The van der Waals surface area contributed by atoms with Crippen LogP contribution in [-0.2, 0) is 6.54 Å². The minimum Gasteiger partial charge on any atom is -0.354 e. The predicted octanol–water partition coefficient (Wildman–Crippen LogP) is 3.27. The number of aromatic nitrogens is 1. The van der Waals surface area contributed by atoms with E-state index in [4.69, 9.17) is 4.98 Å². The molecule has 1 aromatic heterocycles. The van der Waals surface area contributed by atoms with Gasteiger partial charge in [-0.25, -0.2) is 4.98 Å². The van der Waals surface area contributed by atoms with Crippen molar-refractivity contribution in [3.8, 4) is 0 Å². The summed E-state index contributed by atoms with van der Waals surface area (Å²) in [5, 5.41) is 3.20. The number of aryl methyl sites for hydroxylation is 1. The van der Waals surface area contributed by atoms with Crippen LogP contribution >= 0.6 is 0 Å². The molecule has 0 bridgehead atoms. The normalized spacial score (nSPS) is 20.4. The van der Waals surface area contributed by atoms with Gasteiger partial charge in [-0.1, -0.05) is 25.8 Å². The Balaban J connectivity index is 2.21. The third-order valence-corrected chi connectivity index (χ3v) is 4.19. The fourth-order valence-corrected chi connectivity index (χ4v) is 3.02. The van der Waals surface area contributed by atoms with E-state index >= 15 is 0 Å². The van der Waals surface area contributed by atoms with E-state index in [0.29, 0.717) is 6.04 Å². The van der Waals surface area contributed by atoms with Crippen LogP contribution in [0.4, 0.5) is 5.82 Å². The van der Waals surface area contributed by atoms with E-state index < -0.39 is 0 Å². The Kier molecular flexibility index (Phi) is 5.20. The van der Waals surface area contributed by atoms with E-state index in [0.717, 1.165) is 18.8 Å². The van der Waals surface area contributed by atoms with Gasteiger partial charge in [0.2, 0.25) is 0 Å². The van der Waals surface area contributed by atoms with Gasteiger partial charge in [0.15, 0.2) is 0 Å². The van der Waals surface area contributed by atoms with E-state index in [1.165, 1.54) is 43.5 Å². The van der Waals surface area contributed by atoms with Gasteiger partial charge in [-0.2, -0.15) is 0 Å². The summed E-state index contributed by atoms with van der Waals surface area (Å²) in [5.74, 6) is 1.17. The monoisotopic (exact) mass is 261 g/mol. The fraction of sp³-hybridized carbons (Fsp3) is 0.688. The van der Waals surface area contributed by atoms with Crippen molar-refractivity contribution in [3.63, 3.8) is 0 Å². The molecule has 1 N–H and O–H groups in total. The molecule has 1 aromatic rings. The molecule has 0 amide bonds. The Labute approximate surface area is 117 Å². The molecule has 1 fully saturated rings. The number of rotatable bonds is 4. The molecule has 1 atom stereocenters. The molecule has 0 aromatic carbocycles. The van der Waals surface area contributed by atoms with Crippen molar-refractivity contribution in [3.05, 3.63) is 23.4 Å². The van der Waals surface area contributed by atoms with Gasteiger partial charge in [0.05, 0.1) is 0 Å². The van der Waals surface area contributed by atoms with E-state index in [1.54, 1.807) is 0 Å². The highest BCUT2D eigenvalue weighted by atomic mass is 15.2. The zero-order valence-electron chi connectivity index (χ0n) is 12.6. The van der Waals surface area contributed by atoms with Crippen LogP contribution in [0.3, 0.4) is 0 Å². The SMILES string of the molecule is CCC1CCCCCN1c1ccc(CNC)c(C)n1. The van der Waals surface area contributed by atoms with Crippen LogP contribution in [0, 0.1) is 6.92 Å².